The molecular weight excluding hydrogens is 282 g/mol. The Morgan fingerprint density at radius 2 is 2.18 bits per heavy atom. The van der Waals surface area contributed by atoms with Crippen molar-refractivity contribution >= 4 is 11.8 Å². The molecule has 2 amide bonds. The summed E-state index contributed by atoms with van der Waals surface area (Å²) in [5, 5.41) is 4.15. The van der Waals surface area contributed by atoms with Gasteiger partial charge >= 0.3 is 0 Å². The second-order valence-corrected chi connectivity index (χ2v) is 6.27. The van der Waals surface area contributed by atoms with Crippen LogP contribution in [0.15, 0.2) is 4.52 Å². The lowest BCUT2D eigenvalue weighted by molar-refractivity contribution is -0.135. The SMILES string of the molecule is CCN1C[C@@H](C(=O)N(C)Cc2noc3c2CCCC3)CC1=O. The first-order valence-corrected chi connectivity index (χ1v) is 8.09. The Morgan fingerprint density at radius 1 is 1.41 bits per heavy atom. The van der Waals surface area contributed by atoms with Gasteiger partial charge in [-0.1, -0.05) is 5.16 Å². The van der Waals surface area contributed by atoms with Gasteiger partial charge in [-0.05, 0) is 26.2 Å². The van der Waals surface area contributed by atoms with E-state index in [9.17, 15) is 9.59 Å². The molecule has 2 heterocycles. The Bertz CT molecular complexity index is 581. The summed E-state index contributed by atoms with van der Waals surface area (Å²) in [6.45, 7) is 3.61. The van der Waals surface area contributed by atoms with Gasteiger partial charge < -0.3 is 14.3 Å². The third kappa shape index (κ3) is 2.74. The molecule has 6 nitrogen and oxygen atoms in total. The highest BCUT2D eigenvalue weighted by Crippen LogP contribution is 2.26. The van der Waals surface area contributed by atoms with Crippen LogP contribution < -0.4 is 0 Å². The number of hydrogen-bond acceptors (Lipinski definition) is 4. The van der Waals surface area contributed by atoms with Gasteiger partial charge in [0.1, 0.15) is 11.5 Å². The van der Waals surface area contributed by atoms with Crippen LogP contribution in [0, 0.1) is 5.92 Å². The predicted molar refractivity (Wildman–Crippen MR) is 80.0 cm³/mol. The lowest BCUT2D eigenvalue weighted by Crippen LogP contribution is -2.34. The monoisotopic (exact) mass is 305 g/mol. The van der Waals surface area contributed by atoms with Crippen molar-refractivity contribution in [3.05, 3.63) is 17.0 Å². The summed E-state index contributed by atoms with van der Waals surface area (Å²) in [5.74, 6) is 0.861. The second-order valence-electron chi connectivity index (χ2n) is 6.27. The molecule has 0 unspecified atom stereocenters. The van der Waals surface area contributed by atoms with E-state index in [1.54, 1.807) is 16.8 Å². The van der Waals surface area contributed by atoms with Crippen LogP contribution >= 0.6 is 0 Å². The molecular formula is C16H23N3O3. The third-order valence-electron chi connectivity index (χ3n) is 4.74. The van der Waals surface area contributed by atoms with Crippen LogP contribution in [-0.4, -0.2) is 46.9 Å². The molecule has 120 valence electrons. The molecule has 1 saturated heterocycles. The van der Waals surface area contributed by atoms with Crippen molar-refractivity contribution in [1.29, 1.82) is 0 Å². The fourth-order valence-electron chi connectivity index (χ4n) is 3.43. The molecule has 0 spiro atoms. The van der Waals surface area contributed by atoms with Gasteiger partial charge in [-0.2, -0.15) is 0 Å². The molecule has 0 bridgehead atoms. The fraction of sp³-hybridized carbons (Fsp3) is 0.688. The molecule has 0 N–H and O–H groups in total. The molecule has 1 fully saturated rings. The molecule has 22 heavy (non-hydrogen) atoms. The van der Waals surface area contributed by atoms with Crippen molar-refractivity contribution in [3.63, 3.8) is 0 Å². The average molecular weight is 305 g/mol. The third-order valence-corrected chi connectivity index (χ3v) is 4.74. The van der Waals surface area contributed by atoms with Gasteiger partial charge in [0.25, 0.3) is 0 Å². The summed E-state index contributed by atoms with van der Waals surface area (Å²) in [6.07, 6.45) is 4.56. The zero-order chi connectivity index (χ0) is 15.7. The zero-order valence-electron chi connectivity index (χ0n) is 13.3. The molecule has 1 aromatic rings. The Hall–Kier alpha value is -1.85. The number of fused-ring (bicyclic) bond motifs is 1. The van der Waals surface area contributed by atoms with Crippen molar-refractivity contribution in [2.24, 2.45) is 5.92 Å². The van der Waals surface area contributed by atoms with Crippen LogP contribution in [0.3, 0.4) is 0 Å². The minimum Gasteiger partial charge on any atom is -0.361 e. The van der Waals surface area contributed by atoms with Crippen LogP contribution in [0.4, 0.5) is 0 Å². The summed E-state index contributed by atoms with van der Waals surface area (Å²) >= 11 is 0. The highest BCUT2D eigenvalue weighted by Gasteiger charge is 2.35. The maximum absolute atomic E-state index is 12.5. The smallest absolute Gasteiger partial charge is 0.228 e. The van der Waals surface area contributed by atoms with Crippen molar-refractivity contribution in [2.75, 3.05) is 20.1 Å². The molecule has 0 saturated carbocycles. The van der Waals surface area contributed by atoms with Gasteiger partial charge in [-0.15, -0.1) is 0 Å². The van der Waals surface area contributed by atoms with Crippen LogP contribution in [0.1, 0.15) is 43.2 Å². The molecule has 0 aromatic carbocycles. The molecule has 1 aliphatic carbocycles. The highest BCUT2D eigenvalue weighted by atomic mass is 16.5. The first kappa shape index (κ1) is 15.1. The number of carbonyl (C=O) groups is 2. The lowest BCUT2D eigenvalue weighted by Gasteiger charge is -2.21. The Balaban J connectivity index is 1.65. The van der Waals surface area contributed by atoms with Gasteiger partial charge in [-0.3, -0.25) is 9.59 Å². The Labute approximate surface area is 130 Å². The maximum Gasteiger partial charge on any atom is 0.228 e. The predicted octanol–water partition coefficient (Wildman–Crippen LogP) is 1.38. The summed E-state index contributed by atoms with van der Waals surface area (Å²) in [5.41, 5.74) is 2.06. The Kier molecular flexibility index (Phi) is 4.18. The maximum atomic E-state index is 12.5. The number of nitrogens with zero attached hydrogens (tertiary/aromatic N) is 3. The second kappa shape index (κ2) is 6.10. The van der Waals surface area contributed by atoms with E-state index in [4.69, 9.17) is 4.52 Å². The van der Waals surface area contributed by atoms with E-state index in [2.05, 4.69) is 5.16 Å². The number of amides is 2. The summed E-state index contributed by atoms with van der Waals surface area (Å²) in [6, 6.07) is 0. The summed E-state index contributed by atoms with van der Waals surface area (Å²) in [7, 11) is 1.78. The highest BCUT2D eigenvalue weighted by molar-refractivity contribution is 5.89. The number of rotatable bonds is 4. The standard InChI is InChI=1S/C16H23N3O3/c1-3-19-9-11(8-15(19)20)16(21)18(2)10-13-12-6-4-5-7-14(12)22-17-13/h11H,3-10H2,1-2H3/t11-/m0/s1. The topological polar surface area (TPSA) is 66.7 Å². The van der Waals surface area contributed by atoms with E-state index in [-0.39, 0.29) is 17.7 Å². The number of aryl methyl sites for hydroxylation is 1. The van der Waals surface area contributed by atoms with Gasteiger partial charge in [0, 0.05) is 38.5 Å². The first-order valence-electron chi connectivity index (χ1n) is 8.09. The molecule has 2 aliphatic rings. The van der Waals surface area contributed by atoms with Gasteiger partial charge in [-0.25, -0.2) is 0 Å². The first-order chi connectivity index (χ1) is 10.6. The Morgan fingerprint density at radius 3 is 2.91 bits per heavy atom. The minimum absolute atomic E-state index is 0.0249. The average Bonchev–Trinajstić information content (AvgIpc) is 3.10. The van der Waals surface area contributed by atoms with Crippen LogP contribution in [0.2, 0.25) is 0 Å². The number of aromatic nitrogens is 1. The molecule has 1 aliphatic heterocycles. The molecule has 6 heteroatoms. The quantitative estimate of drug-likeness (QED) is 0.843. The van der Waals surface area contributed by atoms with E-state index in [1.807, 2.05) is 6.92 Å². The molecule has 1 atom stereocenters. The van der Waals surface area contributed by atoms with Crippen molar-refractivity contribution in [3.8, 4) is 0 Å². The normalized spacial score (nSPS) is 21.1. The van der Waals surface area contributed by atoms with Crippen LogP contribution in [-0.2, 0) is 29.0 Å². The van der Waals surface area contributed by atoms with E-state index >= 15 is 0 Å². The van der Waals surface area contributed by atoms with E-state index in [0.29, 0.717) is 26.1 Å². The van der Waals surface area contributed by atoms with Crippen LogP contribution in [0.25, 0.3) is 0 Å². The summed E-state index contributed by atoms with van der Waals surface area (Å²) < 4.78 is 5.39. The van der Waals surface area contributed by atoms with Gasteiger partial charge in [0.2, 0.25) is 11.8 Å². The molecule has 0 radical (unpaired) electrons. The number of hydrogen-bond donors (Lipinski definition) is 0. The fourth-order valence-corrected chi connectivity index (χ4v) is 3.43. The minimum atomic E-state index is -0.222. The summed E-state index contributed by atoms with van der Waals surface area (Å²) in [4.78, 5) is 27.7. The van der Waals surface area contributed by atoms with Crippen molar-refractivity contribution in [1.82, 2.24) is 15.0 Å². The van der Waals surface area contributed by atoms with E-state index in [0.717, 1.165) is 37.1 Å². The van der Waals surface area contributed by atoms with E-state index < -0.39 is 0 Å². The molecule has 1 aromatic heterocycles. The van der Waals surface area contributed by atoms with Crippen molar-refractivity contribution in [2.45, 2.75) is 45.6 Å². The zero-order valence-corrected chi connectivity index (χ0v) is 13.3. The number of carbonyl (C=O) groups excluding carboxylic acids is 2. The van der Waals surface area contributed by atoms with Gasteiger partial charge in [0.15, 0.2) is 0 Å². The van der Waals surface area contributed by atoms with Gasteiger partial charge in [0.05, 0.1) is 12.5 Å². The number of likely N-dealkylation sites (tertiary alicyclic amines) is 1. The van der Waals surface area contributed by atoms with Crippen molar-refractivity contribution < 1.29 is 14.1 Å². The lowest BCUT2D eigenvalue weighted by atomic mass is 9.96. The molecule has 3 rings (SSSR count). The van der Waals surface area contributed by atoms with E-state index in [1.165, 1.54) is 5.56 Å². The van der Waals surface area contributed by atoms with Crippen LogP contribution in [0.5, 0.6) is 0 Å². The largest absolute Gasteiger partial charge is 0.361 e.